The summed E-state index contributed by atoms with van der Waals surface area (Å²) in [5, 5.41) is 3.74. The van der Waals surface area contributed by atoms with Crippen molar-refractivity contribution in [1.29, 1.82) is 0 Å². The van der Waals surface area contributed by atoms with Gasteiger partial charge in [-0.1, -0.05) is 17.4 Å². The van der Waals surface area contributed by atoms with Crippen molar-refractivity contribution in [1.82, 2.24) is 10.3 Å². The summed E-state index contributed by atoms with van der Waals surface area (Å²) in [5.41, 5.74) is 7.86. The van der Waals surface area contributed by atoms with Crippen LogP contribution in [0.25, 0.3) is 10.2 Å². The lowest BCUT2D eigenvalue weighted by Crippen LogP contribution is -2.04. The quantitative estimate of drug-likeness (QED) is 0.761. The Morgan fingerprint density at radius 2 is 2.38 bits per heavy atom. The molecule has 0 aliphatic carbocycles. The van der Waals surface area contributed by atoms with Gasteiger partial charge in [0.2, 0.25) is 0 Å². The summed E-state index contributed by atoms with van der Waals surface area (Å²) in [4.78, 5) is 4.19. The molecule has 4 heteroatoms. The van der Waals surface area contributed by atoms with Gasteiger partial charge in [0.25, 0.3) is 0 Å². The van der Waals surface area contributed by atoms with Crippen LogP contribution in [0.4, 0.5) is 5.13 Å². The predicted octanol–water partition coefficient (Wildman–Crippen LogP) is 1.60. The second kappa shape index (κ2) is 3.32. The van der Waals surface area contributed by atoms with Crippen LogP contribution in [0.5, 0.6) is 0 Å². The summed E-state index contributed by atoms with van der Waals surface area (Å²) in [7, 11) is 1.94. The molecule has 1 heterocycles. The van der Waals surface area contributed by atoms with Crippen LogP contribution < -0.4 is 11.1 Å². The topological polar surface area (TPSA) is 50.9 Å². The number of nitrogens with one attached hydrogen (secondary N) is 1. The summed E-state index contributed by atoms with van der Waals surface area (Å²) >= 11 is 1.53. The normalized spacial score (nSPS) is 10.8. The van der Waals surface area contributed by atoms with Gasteiger partial charge in [0, 0.05) is 6.54 Å². The minimum atomic E-state index is 0.636. The van der Waals surface area contributed by atoms with Crippen molar-refractivity contribution in [2.45, 2.75) is 6.54 Å². The molecule has 0 amide bonds. The lowest BCUT2D eigenvalue weighted by atomic mass is 10.2. The van der Waals surface area contributed by atoms with Crippen molar-refractivity contribution in [3.05, 3.63) is 23.8 Å². The first kappa shape index (κ1) is 8.47. The number of nitrogens with two attached hydrogens (primary N) is 1. The van der Waals surface area contributed by atoms with E-state index < -0.39 is 0 Å². The molecule has 1 aromatic heterocycles. The predicted molar refractivity (Wildman–Crippen MR) is 56.8 cm³/mol. The third-order valence-corrected chi connectivity index (χ3v) is 2.70. The van der Waals surface area contributed by atoms with E-state index in [2.05, 4.69) is 22.4 Å². The molecule has 68 valence electrons. The van der Waals surface area contributed by atoms with E-state index in [1.165, 1.54) is 16.9 Å². The van der Waals surface area contributed by atoms with E-state index in [1.54, 1.807) is 0 Å². The number of rotatable bonds is 2. The van der Waals surface area contributed by atoms with Crippen LogP contribution >= 0.6 is 11.3 Å². The lowest BCUT2D eigenvalue weighted by Gasteiger charge is -1.97. The molecular weight excluding hydrogens is 182 g/mol. The fraction of sp³-hybridized carbons (Fsp3) is 0.222. The van der Waals surface area contributed by atoms with Crippen molar-refractivity contribution in [3.8, 4) is 0 Å². The molecule has 3 nitrogen and oxygen atoms in total. The molecule has 3 N–H and O–H groups in total. The molecule has 0 saturated carbocycles. The number of hydrogen-bond acceptors (Lipinski definition) is 4. The van der Waals surface area contributed by atoms with Gasteiger partial charge in [0.1, 0.15) is 0 Å². The zero-order chi connectivity index (χ0) is 9.26. The molecule has 0 unspecified atom stereocenters. The summed E-state index contributed by atoms with van der Waals surface area (Å²) in [6, 6.07) is 6.20. The van der Waals surface area contributed by atoms with Gasteiger partial charge >= 0.3 is 0 Å². The first-order valence-corrected chi connectivity index (χ1v) is 4.91. The second-order valence-corrected chi connectivity index (χ2v) is 3.95. The molecule has 2 rings (SSSR count). The van der Waals surface area contributed by atoms with E-state index in [-0.39, 0.29) is 0 Å². The van der Waals surface area contributed by atoms with E-state index in [1.807, 2.05) is 13.1 Å². The first-order chi connectivity index (χ1) is 6.29. The summed E-state index contributed by atoms with van der Waals surface area (Å²) < 4.78 is 1.16. The van der Waals surface area contributed by atoms with Crippen molar-refractivity contribution >= 4 is 26.7 Å². The smallest absolute Gasteiger partial charge is 0.181 e. The molecule has 2 aromatic rings. The number of nitrogen functional groups attached to an aromatic ring is 1. The number of aromatic nitrogens is 1. The Hall–Kier alpha value is -1.13. The first-order valence-electron chi connectivity index (χ1n) is 4.09. The van der Waals surface area contributed by atoms with Gasteiger partial charge in [0.15, 0.2) is 5.13 Å². The van der Waals surface area contributed by atoms with Gasteiger partial charge in [-0.3, -0.25) is 0 Å². The van der Waals surface area contributed by atoms with Crippen molar-refractivity contribution in [3.63, 3.8) is 0 Å². The minimum Gasteiger partial charge on any atom is -0.375 e. The van der Waals surface area contributed by atoms with E-state index in [9.17, 15) is 0 Å². The highest BCUT2D eigenvalue weighted by Gasteiger charge is 2.00. The fourth-order valence-corrected chi connectivity index (χ4v) is 2.10. The van der Waals surface area contributed by atoms with Crippen LogP contribution in [-0.4, -0.2) is 12.0 Å². The van der Waals surface area contributed by atoms with Gasteiger partial charge in [-0.2, -0.15) is 0 Å². The maximum absolute atomic E-state index is 5.61. The van der Waals surface area contributed by atoms with Crippen LogP contribution in [-0.2, 0) is 6.54 Å². The Bertz CT molecular complexity index is 422. The highest BCUT2D eigenvalue weighted by atomic mass is 32.1. The number of hydrogen-bond donors (Lipinski definition) is 2. The minimum absolute atomic E-state index is 0.636. The Labute approximate surface area is 80.6 Å². The number of nitrogens with zero attached hydrogens (tertiary/aromatic N) is 1. The molecule has 0 fully saturated rings. The van der Waals surface area contributed by atoms with Crippen molar-refractivity contribution in [2.24, 2.45) is 0 Å². The van der Waals surface area contributed by atoms with Crippen LogP contribution in [0.3, 0.4) is 0 Å². The molecule has 0 bridgehead atoms. The van der Waals surface area contributed by atoms with Gasteiger partial charge in [-0.15, -0.1) is 0 Å². The zero-order valence-corrected chi connectivity index (χ0v) is 8.19. The monoisotopic (exact) mass is 193 g/mol. The second-order valence-electron chi connectivity index (χ2n) is 2.88. The molecule has 0 aliphatic heterocycles. The van der Waals surface area contributed by atoms with Crippen LogP contribution in [0, 0.1) is 0 Å². The Kier molecular flexibility index (Phi) is 2.16. The van der Waals surface area contributed by atoms with E-state index in [0.29, 0.717) is 5.13 Å². The van der Waals surface area contributed by atoms with E-state index in [0.717, 1.165) is 16.8 Å². The average Bonchev–Trinajstić information content (AvgIpc) is 2.44. The van der Waals surface area contributed by atoms with Gasteiger partial charge in [0.05, 0.1) is 10.2 Å². The third-order valence-electron chi connectivity index (χ3n) is 1.85. The third kappa shape index (κ3) is 1.64. The van der Waals surface area contributed by atoms with E-state index >= 15 is 0 Å². The number of thiazole rings is 1. The summed E-state index contributed by atoms with van der Waals surface area (Å²) in [6.07, 6.45) is 0. The van der Waals surface area contributed by atoms with Gasteiger partial charge < -0.3 is 11.1 Å². The highest BCUT2D eigenvalue weighted by Crippen LogP contribution is 2.24. The van der Waals surface area contributed by atoms with Gasteiger partial charge in [-0.25, -0.2) is 4.98 Å². The molecule has 0 aliphatic rings. The molecule has 0 spiro atoms. The maximum atomic E-state index is 5.61. The molecule has 0 saturated heterocycles. The van der Waals surface area contributed by atoms with Crippen molar-refractivity contribution in [2.75, 3.05) is 12.8 Å². The average molecular weight is 193 g/mol. The summed E-state index contributed by atoms with van der Waals surface area (Å²) in [5.74, 6) is 0. The Morgan fingerprint density at radius 3 is 3.15 bits per heavy atom. The fourth-order valence-electron chi connectivity index (χ4n) is 1.30. The highest BCUT2D eigenvalue weighted by molar-refractivity contribution is 7.22. The molecule has 0 radical (unpaired) electrons. The molecular formula is C9H11N3S. The number of fused-ring (bicyclic) bond motifs is 1. The standard InChI is InChI=1S/C9H11N3S/c1-11-5-6-2-3-7-8(4-6)13-9(10)12-7/h2-4,11H,5H2,1H3,(H2,10,12). The maximum Gasteiger partial charge on any atom is 0.181 e. The SMILES string of the molecule is CNCc1ccc2nc(N)sc2c1. The van der Waals surface area contributed by atoms with Crippen LogP contribution in [0.15, 0.2) is 18.2 Å². The molecule has 0 atom stereocenters. The number of benzene rings is 1. The Balaban J connectivity index is 2.48. The molecule has 13 heavy (non-hydrogen) atoms. The Morgan fingerprint density at radius 1 is 1.54 bits per heavy atom. The molecule has 1 aromatic carbocycles. The van der Waals surface area contributed by atoms with Crippen LogP contribution in [0.2, 0.25) is 0 Å². The lowest BCUT2D eigenvalue weighted by molar-refractivity contribution is 0.819. The largest absolute Gasteiger partial charge is 0.375 e. The van der Waals surface area contributed by atoms with Crippen molar-refractivity contribution < 1.29 is 0 Å². The van der Waals surface area contributed by atoms with E-state index in [4.69, 9.17) is 5.73 Å². The number of anilines is 1. The zero-order valence-electron chi connectivity index (χ0n) is 7.37. The van der Waals surface area contributed by atoms with Gasteiger partial charge in [-0.05, 0) is 24.7 Å². The summed E-state index contributed by atoms with van der Waals surface area (Å²) in [6.45, 7) is 0.883. The van der Waals surface area contributed by atoms with Crippen LogP contribution in [0.1, 0.15) is 5.56 Å².